The lowest BCUT2D eigenvalue weighted by Gasteiger charge is -1.95. The van der Waals surface area contributed by atoms with Crippen LogP contribution in [0.5, 0.6) is 0 Å². The predicted octanol–water partition coefficient (Wildman–Crippen LogP) is 0.839. The van der Waals surface area contributed by atoms with Crippen molar-refractivity contribution in [1.29, 1.82) is 0 Å². The van der Waals surface area contributed by atoms with Crippen LogP contribution < -0.4 is 0 Å². The second-order valence-corrected chi connectivity index (χ2v) is 2.53. The Labute approximate surface area is 74.3 Å². The molecule has 0 aliphatic carbocycles. The summed E-state index contributed by atoms with van der Waals surface area (Å²) in [6, 6.07) is 3.65. The van der Waals surface area contributed by atoms with E-state index in [4.69, 9.17) is 4.74 Å². The molecule has 0 amide bonds. The Hall–Kier alpha value is -1.78. The Balaban J connectivity index is 2.34. The molecule has 5 nitrogen and oxygen atoms in total. The molecule has 0 atom stereocenters. The van der Waals surface area contributed by atoms with Gasteiger partial charge in [-0.05, 0) is 19.1 Å². The highest BCUT2D eigenvalue weighted by atomic mass is 16.5. The molecular weight excluding hydrogens is 170 g/mol. The summed E-state index contributed by atoms with van der Waals surface area (Å²) in [5, 5.41) is 2.79. The number of carbonyl (C=O) groups excluding carboxylic acids is 1. The van der Waals surface area contributed by atoms with Crippen LogP contribution in [0.3, 0.4) is 0 Å². The summed E-state index contributed by atoms with van der Waals surface area (Å²) < 4.78 is 6.44. The number of aromatic amines is 1. The fraction of sp³-hybridized carbons (Fsp3) is 0.250. The fourth-order valence-corrected chi connectivity index (χ4v) is 1.10. The number of H-pyrrole nitrogens is 1. The van der Waals surface area contributed by atoms with Crippen molar-refractivity contribution in [2.75, 3.05) is 6.61 Å². The highest BCUT2D eigenvalue weighted by Gasteiger charge is 2.11. The number of aromatic nitrogens is 3. The molecule has 0 fully saturated rings. The van der Waals surface area contributed by atoms with E-state index in [-0.39, 0.29) is 5.82 Å². The number of ether oxygens (including phenoxy) is 1. The number of carbonyl (C=O) groups is 1. The Morgan fingerprint density at radius 3 is 3.31 bits per heavy atom. The summed E-state index contributed by atoms with van der Waals surface area (Å²) >= 11 is 0. The Morgan fingerprint density at radius 2 is 2.62 bits per heavy atom. The van der Waals surface area contributed by atoms with Gasteiger partial charge in [-0.2, -0.15) is 0 Å². The summed E-state index contributed by atoms with van der Waals surface area (Å²) in [4.78, 5) is 15.2. The van der Waals surface area contributed by atoms with Gasteiger partial charge in [-0.3, -0.25) is 5.10 Å². The summed E-state index contributed by atoms with van der Waals surface area (Å²) in [6.45, 7) is 2.11. The minimum absolute atomic E-state index is 0.234. The van der Waals surface area contributed by atoms with Crippen LogP contribution in [0.4, 0.5) is 0 Å². The van der Waals surface area contributed by atoms with E-state index in [1.165, 1.54) is 0 Å². The molecule has 0 bridgehead atoms. The highest BCUT2D eigenvalue weighted by molar-refractivity contribution is 5.85. The van der Waals surface area contributed by atoms with Crippen LogP contribution in [0.2, 0.25) is 0 Å². The predicted molar refractivity (Wildman–Crippen MR) is 45.5 cm³/mol. The average Bonchev–Trinajstić information content (AvgIpc) is 2.61. The zero-order chi connectivity index (χ0) is 9.26. The van der Waals surface area contributed by atoms with Gasteiger partial charge in [0, 0.05) is 6.20 Å². The van der Waals surface area contributed by atoms with Gasteiger partial charge in [0.1, 0.15) is 0 Å². The van der Waals surface area contributed by atoms with Gasteiger partial charge in [-0.25, -0.2) is 14.3 Å². The van der Waals surface area contributed by atoms with Crippen LogP contribution in [0.1, 0.15) is 17.5 Å². The molecule has 0 radical (unpaired) electrons. The van der Waals surface area contributed by atoms with Crippen molar-refractivity contribution >= 4 is 11.6 Å². The van der Waals surface area contributed by atoms with Crippen LogP contribution in [0, 0.1) is 0 Å². The first-order valence-electron chi connectivity index (χ1n) is 4.01. The van der Waals surface area contributed by atoms with Crippen molar-refractivity contribution in [2.45, 2.75) is 6.92 Å². The Morgan fingerprint density at radius 1 is 1.77 bits per heavy atom. The third-order valence-corrected chi connectivity index (χ3v) is 1.65. The van der Waals surface area contributed by atoms with E-state index in [9.17, 15) is 4.79 Å². The molecule has 0 spiro atoms. The molecule has 0 aromatic carbocycles. The first kappa shape index (κ1) is 7.85. The Kier molecular flexibility index (Phi) is 1.77. The van der Waals surface area contributed by atoms with Crippen LogP contribution in [0.25, 0.3) is 5.65 Å². The van der Waals surface area contributed by atoms with Crippen LogP contribution in [-0.2, 0) is 4.74 Å². The molecule has 2 aromatic heterocycles. The van der Waals surface area contributed by atoms with E-state index < -0.39 is 5.97 Å². The molecule has 0 saturated heterocycles. The van der Waals surface area contributed by atoms with Crippen LogP contribution >= 0.6 is 0 Å². The number of rotatable bonds is 2. The SMILES string of the molecule is CCOC(=O)c1nc2cccn2[nH]1. The third kappa shape index (κ3) is 1.28. The molecule has 0 unspecified atom stereocenters. The van der Waals surface area contributed by atoms with Gasteiger partial charge < -0.3 is 4.74 Å². The summed E-state index contributed by atoms with van der Waals surface area (Å²) in [5.74, 6) is -0.191. The molecule has 1 N–H and O–H groups in total. The molecule has 2 heterocycles. The molecule has 2 rings (SSSR count). The first-order valence-corrected chi connectivity index (χ1v) is 4.01. The number of hydrogen-bond acceptors (Lipinski definition) is 3. The quantitative estimate of drug-likeness (QED) is 0.695. The normalized spacial score (nSPS) is 10.5. The van der Waals surface area contributed by atoms with E-state index in [1.807, 2.05) is 6.07 Å². The van der Waals surface area contributed by atoms with Gasteiger partial charge in [-0.15, -0.1) is 0 Å². The maximum Gasteiger partial charge on any atom is 0.375 e. The van der Waals surface area contributed by atoms with Crippen molar-refractivity contribution in [3.8, 4) is 0 Å². The second-order valence-electron chi connectivity index (χ2n) is 2.53. The van der Waals surface area contributed by atoms with Gasteiger partial charge in [0.15, 0.2) is 5.65 Å². The summed E-state index contributed by atoms with van der Waals surface area (Å²) in [5.41, 5.74) is 0.711. The molecule has 2 aromatic rings. The lowest BCUT2D eigenvalue weighted by atomic mass is 10.6. The van der Waals surface area contributed by atoms with Crippen molar-refractivity contribution < 1.29 is 9.53 Å². The number of nitrogens with zero attached hydrogens (tertiary/aromatic N) is 2. The van der Waals surface area contributed by atoms with E-state index in [0.717, 1.165) is 0 Å². The van der Waals surface area contributed by atoms with E-state index in [2.05, 4.69) is 10.1 Å². The zero-order valence-corrected chi connectivity index (χ0v) is 7.15. The number of nitrogens with one attached hydrogen (secondary N) is 1. The van der Waals surface area contributed by atoms with Gasteiger partial charge in [0.25, 0.3) is 0 Å². The Bertz CT molecular complexity index is 401. The third-order valence-electron chi connectivity index (χ3n) is 1.65. The topological polar surface area (TPSA) is 59.4 Å². The summed E-state index contributed by atoms with van der Waals surface area (Å²) in [7, 11) is 0. The number of esters is 1. The van der Waals surface area contributed by atoms with Gasteiger partial charge in [-0.1, -0.05) is 0 Å². The lowest BCUT2D eigenvalue weighted by molar-refractivity contribution is 0.0512. The van der Waals surface area contributed by atoms with Crippen molar-refractivity contribution in [3.05, 3.63) is 24.2 Å². The monoisotopic (exact) mass is 179 g/mol. The van der Waals surface area contributed by atoms with Crippen LogP contribution in [0.15, 0.2) is 18.3 Å². The van der Waals surface area contributed by atoms with Gasteiger partial charge in [0.05, 0.1) is 6.61 Å². The number of fused-ring (bicyclic) bond motifs is 1. The molecule has 13 heavy (non-hydrogen) atoms. The van der Waals surface area contributed by atoms with E-state index in [1.54, 1.807) is 23.7 Å². The average molecular weight is 179 g/mol. The van der Waals surface area contributed by atoms with Gasteiger partial charge in [0.2, 0.25) is 5.82 Å². The number of hydrogen-bond donors (Lipinski definition) is 1. The van der Waals surface area contributed by atoms with Crippen LogP contribution in [-0.4, -0.2) is 27.2 Å². The minimum Gasteiger partial charge on any atom is -0.460 e. The first-order chi connectivity index (χ1) is 6.31. The van der Waals surface area contributed by atoms with Crippen molar-refractivity contribution in [1.82, 2.24) is 14.6 Å². The molecule has 0 aliphatic heterocycles. The van der Waals surface area contributed by atoms with E-state index >= 15 is 0 Å². The van der Waals surface area contributed by atoms with E-state index in [0.29, 0.717) is 12.3 Å². The van der Waals surface area contributed by atoms with Crippen molar-refractivity contribution in [3.63, 3.8) is 0 Å². The van der Waals surface area contributed by atoms with Gasteiger partial charge >= 0.3 is 5.97 Å². The fourth-order valence-electron chi connectivity index (χ4n) is 1.10. The minimum atomic E-state index is -0.425. The largest absolute Gasteiger partial charge is 0.460 e. The molecule has 0 aliphatic rings. The molecule has 0 saturated carbocycles. The second kappa shape index (κ2) is 2.93. The maximum absolute atomic E-state index is 11.2. The zero-order valence-electron chi connectivity index (χ0n) is 7.15. The lowest BCUT2D eigenvalue weighted by Crippen LogP contribution is -2.06. The highest BCUT2D eigenvalue weighted by Crippen LogP contribution is 2.02. The molecular formula is C8H9N3O2. The maximum atomic E-state index is 11.2. The standard InChI is InChI=1S/C8H9N3O2/c1-2-13-8(12)7-9-6-4-3-5-11(6)10-7/h3-5H,2H2,1H3,(H,9,10). The van der Waals surface area contributed by atoms with Crippen molar-refractivity contribution in [2.24, 2.45) is 0 Å². The summed E-state index contributed by atoms with van der Waals surface area (Å²) in [6.07, 6.45) is 1.78. The molecule has 5 heteroatoms. The molecule has 68 valence electrons. The smallest absolute Gasteiger partial charge is 0.375 e.